The highest BCUT2D eigenvalue weighted by Gasteiger charge is 2.10. The highest BCUT2D eigenvalue weighted by molar-refractivity contribution is 5.10. The quantitative estimate of drug-likeness (QED) is 0.828. The van der Waals surface area contributed by atoms with E-state index in [2.05, 4.69) is 40.0 Å². The fourth-order valence-electron chi connectivity index (χ4n) is 2.28. The topological polar surface area (TPSA) is 47.7 Å². The second-order valence-electron chi connectivity index (χ2n) is 4.76. The molecule has 2 heterocycles. The van der Waals surface area contributed by atoms with Crippen LogP contribution in [0.4, 0.5) is 0 Å². The van der Waals surface area contributed by atoms with Gasteiger partial charge < -0.3 is 9.88 Å². The lowest BCUT2D eigenvalue weighted by Gasteiger charge is -2.13. The molecule has 5 nitrogen and oxygen atoms in total. The minimum absolute atomic E-state index is 0.409. The van der Waals surface area contributed by atoms with Crippen LogP contribution in [0, 0.1) is 0 Å². The van der Waals surface area contributed by atoms with Gasteiger partial charge in [-0.05, 0) is 13.0 Å². The predicted molar refractivity (Wildman–Crippen MR) is 75.8 cm³/mol. The van der Waals surface area contributed by atoms with Crippen LogP contribution in [-0.4, -0.2) is 25.9 Å². The first kappa shape index (κ1) is 13.8. The van der Waals surface area contributed by atoms with Gasteiger partial charge in [0.25, 0.3) is 0 Å². The maximum Gasteiger partial charge on any atom is 0.110 e. The highest BCUT2D eigenvalue weighted by atomic mass is 15.3. The molecule has 0 aliphatic heterocycles. The third kappa shape index (κ3) is 3.44. The van der Waals surface area contributed by atoms with Gasteiger partial charge in [-0.3, -0.25) is 4.68 Å². The van der Waals surface area contributed by atoms with E-state index < -0.39 is 0 Å². The van der Waals surface area contributed by atoms with Gasteiger partial charge >= 0.3 is 0 Å². The average molecular weight is 261 g/mol. The highest BCUT2D eigenvalue weighted by Crippen LogP contribution is 2.15. The molecule has 5 heteroatoms. The zero-order valence-electron chi connectivity index (χ0n) is 12.0. The first-order valence-corrected chi connectivity index (χ1v) is 6.96. The summed E-state index contributed by atoms with van der Waals surface area (Å²) in [5, 5.41) is 7.91. The molecule has 1 atom stereocenters. The Bertz CT molecular complexity index is 499. The zero-order valence-corrected chi connectivity index (χ0v) is 12.0. The Morgan fingerprint density at radius 2 is 2.21 bits per heavy atom. The van der Waals surface area contributed by atoms with Crippen LogP contribution in [-0.2, 0) is 20.0 Å². The Morgan fingerprint density at radius 1 is 1.37 bits per heavy atom. The van der Waals surface area contributed by atoms with Crippen molar-refractivity contribution in [3.63, 3.8) is 0 Å². The lowest BCUT2D eigenvalue weighted by atomic mass is 10.1. The summed E-state index contributed by atoms with van der Waals surface area (Å²) in [6.07, 6.45) is 9.90. The second-order valence-corrected chi connectivity index (χ2v) is 4.76. The van der Waals surface area contributed by atoms with Gasteiger partial charge in [-0.15, -0.1) is 0 Å². The van der Waals surface area contributed by atoms with Crippen molar-refractivity contribution < 1.29 is 0 Å². The summed E-state index contributed by atoms with van der Waals surface area (Å²) >= 11 is 0. The van der Waals surface area contributed by atoms with Crippen molar-refractivity contribution in [2.45, 2.75) is 39.3 Å². The standard InChI is InChI=1S/C14H23N5/c1-4-13(15-5-2)12-10-17-19(11-12)8-6-14-16-7-9-18(14)3/h7,9-11,13,15H,4-6,8H2,1-3H3. The van der Waals surface area contributed by atoms with Gasteiger partial charge in [0.15, 0.2) is 0 Å². The molecule has 2 rings (SSSR count). The van der Waals surface area contributed by atoms with E-state index in [0.717, 1.165) is 31.8 Å². The van der Waals surface area contributed by atoms with Crippen LogP contribution in [0.5, 0.6) is 0 Å². The largest absolute Gasteiger partial charge is 0.338 e. The van der Waals surface area contributed by atoms with Gasteiger partial charge in [-0.2, -0.15) is 5.10 Å². The Kier molecular flexibility index (Phi) is 4.74. The van der Waals surface area contributed by atoms with E-state index in [9.17, 15) is 0 Å². The van der Waals surface area contributed by atoms with Gasteiger partial charge in [-0.25, -0.2) is 4.98 Å². The number of aromatic nitrogens is 4. The summed E-state index contributed by atoms with van der Waals surface area (Å²) < 4.78 is 4.06. The molecule has 104 valence electrons. The predicted octanol–water partition coefficient (Wildman–Crippen LogP) is 1.92. The van der Waals surface area contributed by atoms with Gasteiger partial charge in [0.2, 0.25) is 0 Å². The first-order chi connectivity index (χ1) is 9.24. The lowest BCUT2D eigenvalue weighted by molar-refractivity contribution is 0.535. The molecule has 0 amide bonds. The average Bonchev–Trinajstić information content (AvgIpc) is 3.02. The molecule has 0 saturated carbocycles. The minimum atomic E-state index is 0.409. The van der Waals surface area contributed by atoms with Crippen molar-refractivity contribution in [1.29, 1.82) is 0 Å². The van der Waals surface area contributed by atoms with Crippen LogP contribution in [0.2, 0.25) is 0 Å². The number of hydrogen-bond donors (Lipinski definition) is 1. The Morgan fingerprint density at radius 3 is 2.84 bits per heavy atom. The fourth-order valence-corrected chi connectivity index (χ4v) is 2.28. The van der Waals surface area contributed by atoms with E-state index >= 15 is 0 Å². The monoisotopic (exact) mass is 261 g/mol. The van der Waals surface area contributed by atoms with Gasteiger partial charge in [-0.1, -0.05) is 13.8 Å². The van der Waals surface area contributed by atoms with Crippen LogP contribution in [0.15, 0.2) is 24.8 Å². The zero-order chi connectivity index (χ0) is 13.7. The van der Waals surface area contributed by atoms with E-state index in [1.165, 1.54) is 5.56 Å². The van der Waals surface area contributed by atoms with E-state index in [4.69, 9.17) is 0 Å². The SMILES string of the molecule is CCNC(CC)c1cnn(CCc2nccn2C)c1. The molecule has 0 bridgehead atoms. The number of nitrogens with one attached hydrogen (secondary N) is 1. The Hall–Kier alpha value is -1.62. The van der Waals surface area contributed by atoms with Gasteiger partial charge in [0, 0.05) is 50.2 Å². The molecule has 2 aromatic rings. The third-order valence-electron chi connectivity index (χ3n) is 3.40. The molecule has 2 aromatic heterocycles. The summed E-state index contributed by atoms with van der Waals surface area (Å²) in [6.45, 7) is 6.18. The van der Waals surface area contributed by atoms with Gasteiger partial charge in [0.05, 0.1) is 6.20 Å². The van der Waals surface area contributed by atoms with E-state index in [-0.39, 0.29) is 0 Å². The van der Waals surface area contributed by atoms with Crippen molar-refractivity contribution in [2.24, 2.45) is 7.05 Å². The van der Waals surface area contributed by atoms with Crippen LogP contribution >= 0.6 is 0 Å². The summed E-state index contributed by atoms with van der Waals surface area (Å²) in [5.41, 5.74) is 1.27. The van der Waals surface area contributed by atoms with Crippen molar-refractivity contribution in [2.75, 3.05) is 6.54 Å². The molecule has 0 saturated heterocycles. The first-order valence-electron chi connectivity index (χ1n) is 6.96. The molecule has 0 radical (unpaired) electrons. The van der Waals surface area contributed by atoms with Crippen LogP contribution in [0.1, 0.15) is 37.7 Å². The molecule has 1 unspecified atom stereocenters. The molecule has 0 aliphatic carbocycles. The van der Waals surface area contributed by atoms with Crippen LogP contribution < -0.4 is 5.32 Å². The lowest BCUT2D eigenvalue weighted by Crippen LogP contribution is -2.19. The smallest absolute Gasteiger partial charge is 0.110 e. The van der Waals surface area contributed by atoms with Crippen molar-refractivity contribution in [3.8, 4) is 0 Å². The number of hydrogen-bond acceptors (Lipinski definition) is 3. The maximum atomic E-state index is 4.44. The van der Waals surface area contributed by atoms with E-state index in [0.29, 0.717) is 6.04 Å². The second kappa shape index (κ2) is 6.52. The van der Waals surface area contributed by atoms with Crippen LogP contribution in [0.3, 0.4) is 0 Å². The number of rotatable bonds is 7. The molecule has 0 aliphatic rings. The number of imidazole rings is 1. The summed E-state index contributed by atoms with van der Waals surface area (Å²) in [7, 11) is 2.02. The molecule has 0 fully saturated rings. The van der Waals surface area contributed by atoms with Crippen LogP contribution in [0.25, 0.3) is 0 Å². The maximum absolute atomic E-state index is 4.44. The normalized spacial score (nSPS) is 12.8. The van der Waals surface area contributed by atoms with Crippen molar-refractivity contribution >= 4 is 0 Å². The molecule has 0 aromatic carbocycles. The number of aryl methyl sites for hydroxylation is 3. The van der Waals surface area contributed by atoms with Crippen molar-refractivity contribution in [1.82, 2.24) is 24.6 Å². The summed E-state index contributed by atoms with van der Waals surface area (Å²) in [6, 6.07) is 0.409. The molecule has 1 N–H and O–H groups in total. The Labute approximate surface area is 114 Å². The fraction of sp³-hybridized carbons (Fsp3) is 0.571. The van der Waals surface area contributed by atoms with E-state index in [1.54, 1.807) is 0 Å². The van der Waals surface area contributed by atoms with E-state index in [1.807, 2.05) is 30.3 Å². The van der Waals surface area contributed by atoms with Crippen molar-refractivity contribution in [3.05, 3.63) is 36.2 Å². The Balaban J connectivity index is 1.95. The summed E-state index contributed by atoms with van der Waals surface area (Å²) in [5.74, 6) is 1.09. The summed E-state index contributed by atoms with van der Waals surface area (Å²) in [4.78, 5) is 4.33. The van der Waals surface area contributed by atoms with Gasteiger partial charge in [0.1, 0.15) is 5.82 Å². The molecule has 19 heavy (non-hydrogen) atoms. The molecular formula is C14H23N5. The third-order valence-corrected chi connectivity index (χ3v) is 3.40. The molecule has 0 spiro atoms. The molecular weight excluding hydrogens is 238 g/mol. The number of nitrogens with zero attached hydrogens (tertiary/aromatic N) is 4. The minimum Gasteiger partial charge on any atom is -0.338 e.